The van der Waals surface area contributed by atoms with Crippen molar-refractivity contribution in [3.8, 4) is 0 Å². The summed E-state index contributed by atoms with van der Waals surface area (Å²) < 4.78 is 25.8. The smallest absolute Gasteiger partial charge is 0.280 e. The predicted octanol–water partition coefficient (Wildman–Crippen LogP) is 3.17. The highest BCUT2D eigenvalue weighted by Gasteiger charge is 2.16. The van der Waals surface area contributed by atoms with Crippen LogP contribution < -0.4 is 5.32 Å². The Morgan fingerprint density at radius 1 is 1.39 bits per heavy atom. The second kappa shape index (κ2) is 8.37. The molecule has 0 aliphatic carbocycles. The average molecular weight is 275 g/mol. The maximum absolute atomic E-state index is 12.9. The SMILES string of the molecule is CCCSCc1ncc(CNCC)c(C(F)F)n1. The van der Waals surface area contributed by atoms with Crippen molar-refractivity contribution in [1.29, 1.82) is 0 Å². The van der Waals surface area contributed by atoms with Gasteiger partial charge >= 0.3 is 0 Å². The van der Waals surface area contributed by atoms with Gasteiger partial charge in [0, 0.05) is 18.3 Å². The van der Waals surface area contributed by atoms with Crippen molar-refractivity contribution < 1.29 is 8.78 Å². The van der Waals surface area contributed by atoms with Crippen molar-refractivity contribution in [1.82, 2.24) is 15.3 Å². The maximum atomic E-state index is 12.9. The van der Waals surface area contributed by atoms with Crippen molar-refractivity contribution in [3.05, 3.63) is 23.3 Å². The number of aromatic nitrogens is 2. The number of thioether (sulfide) groups is 1. The lowest BCUT2D eigenvalue weighted by atomic mass is 10.2. The molecule has 0 bridgehead atoms. The molecule has 0 saturated heterocycles. The van der Waals surface area contributed by atoms with Crippen LogP contribution in [-0.2, 0) is 12.3 Å². The summed E-state index contributed by atoms with van der Waals surface area (Å²) in [5.74, 6) is 2.07. The van der Waals surface area contributed by atoms with Gasteiger partial charge < -0.3 is 5.32 Å². The van der Waals surface area contributed by atoms with Gasteiger partial charge in [0.15, 0.2) is 0 Å². The minimum Gasteiger partial charge on any atom is -0.313 e. The molecule has 1 aromatic rings. The van der Waals surface area contributed by atoms with Gasteiger partial charge in [-0.3, -0.25) is 0 Å². The van der Waals surface area contributed by atoms with Crippen LogP contribution in [-0.4, -0.2) is 22.3 Å². The van der Waals surface area contributed by atoms with Crippen molar-refractivity contribution in [2.45, 2.75) is 39.0 Å². The van der Waals surface area contributed by atoms with E-state index >= 15 is 0 Å². The van der Waals surface area contributed by atoms with E-state index in [0.717, 1.165) is 18.7 Å². The largest absolute Gasteiger partial charge is 0.313 e. The number of nitrogens with zero attached hydrogens (tertiary/aromatic N) is 2. The van der Waals surface area contributed by atoms with Gasteiger partial charge in [0.1, 0.15) is 11.5 Å². The minimum absolute atomic E-state index is 0.141. The van der Waals surface area contributed by atoms with Gasteiger partial charge in [-0.25, -0.2) is 18.7 Å². The van der Waals surface area contributed by atoms with E-state index in [1.54, 1.807) is 11.8 Å². The zero-order valence-corrected chi connectivity index (χ0v) is 11.6. The molecular formula is C12H19F2N3S. The van der Waals surface area contributed by atoms with Crippen molar-refractivity contribution in [2.24, 2.45) is 0 Å². The van der Waals surface area contributed by atoms with Crippen LogP contribution in [0.5, 0.6) is 0 Å². The van der Waals surface area contributed by atoms with Crippen LogP contribution in [0.3, 0.4) is 0 Å². The van der Waals surface area contributed by atoms with Gasteiger partial charge in [-0.2, -0.15) is 11.8 Å². The molecule has 0 spiro atoms. The third kappa shape index (κ3) is 4.86. The third-order valence-corrected chi connectivity index (χ3v) is 3.46. The lowest BCUT2D eigenvalue weighted by molar-refractivity contribution is 0.144. The van der Waals surface area contributed by atoms with Crippen molar-refractivity contribution in [2.75, 3.05) is 12.3 Å². The van der Waals surface area contributed by atoms with Crippen molar-refractivity contribution in [3.63, 3.8) is 0 Å². The van der Waals surface area contributed by atoms with Crippen LogP contribution in [0.2, 0.25) is 0 Å². The molecule has 6 heteroatoms. The summed E-state index contributed by atoms with van der Waals surface area (Å²) in [7, 11) is 0. The second-order valence-electron chi connectivity index (χ2n) is 3.83. The van der Waals surface area contributed by atoms with Gasteiger partial charge in [0.25, 0.3) is 6.43 Å². The van der Waals surface area contributed by atoms with E-state index in [1.165, 1.54) is 6.20 Å². The molecule has 0 radical (unpaired) electrons. The van der Waals surface area contributed by atoms with Crippen LogP contribution >= 0.6 is 11.8 Å². The fourth-order valence-electron chi connectivity index (χ4n) is 1.42. The molecule has 0 amide bonds. The van der Waals surface area contributed by atoms with Gasteiger partial charge in [0.2, 0.25) is 0 Å². The van der Waals surface area contributed by atoms with Gasteiger partial charge in [-0.1, -0.05) is 13.8 Å². The normalized spacial score (nSPS) is 11.2. The Bertz CT molecular complexity index is 361. The maximum Gasteiger partial charge on any atom is 0.280 e. The van der Waals surface area contributed by atoms with Crippen LogP contribution in [0.15, 0.2) is 6.20 Å². The molecule has 3 nitrogen and oxygen atoms in total. The fraction of sp³-hybridized carbons (Fsp3) is 0.667. The van der Waals surface area contributed by atoms with E-state index in [2.05, 4.69) is 22.2 Å². The number of halogens is 2. The van der Waals surface area contributed by atoms with Crippen LogP contribution in [0.25, 0.3) is 0 Å². The van der Waals surface area contributed by atoms with E-state index in [4.69, 9.17) is 0 Å². The zero-order valence-electron chi connectivity index (χ0n) is 10.7. The molecule has 0 atom stereocenters. The third-order valence-electron chi connectivity index (χ3n) is 2.30. The number of nitrogens with one attached hydrogen (secondary N) is 1. The zero-order chi connectivity index (χ0) is 13.4. The van der Waals surface area contributed by atoms with E-state index < -0.39 is 6.43 Å². The first-order valence-electron chi connectivity index (χ1n) is 6.10. The summed E-state index contributed by atoms with van der Waals surface area (Å²) in [5.41, 5.74) is 0.342. The number of hydrogen-bond acceptors (Lipinski definition) is 4. The Balaban J connectivity index is 2.75. The number of alkyl halides is 2. The molecule has 1 aromatic heterocycles. The molecule has 102 valence electrons. The molecule has 1 N–H and O–H groups in total. The van der Waals surface area contributed by atoms with Crippen LogP contribution in [0.4, 0.5) is 8.78 Å². The lowest BCUT2D eigenvalue weighted by Crippen LogP contribution is -2.15. The van der Waals surface area contributed by atoms with E-state index in [1.807, 2.05) is 6.92 Å². The topological polar surface area (TPSA) is 37.8 Å². The predicted molar refractivity (Wildman–Crippen MR) is 70.8 cm³/mol. The minimum atomic E-state index is -2.54. The highest BCUT2D eigenvalue weighted by molar-refractivity contribution is 7.98. The number of hydrogen-bond donors (Lipinski definition) is 1. The highest BCUT2D eigenvalue weighted by atomic mass is 32.2. The summed E-state index contributed by atoms with van der Waals surface area (Å²) >= 11 is 1.66. The number of rotatable bonds is 8. The summed E-state index contributed by atoms with van der Waals surface area (Å²) in [4.78, 5) is 8.12. The van der Waals surface area contributed by atoms with E-state index in [9.17, 15) is 8.78 Å². The molecule has 1 rings (SSSR count). The van der Waals surface area contributed by atoms with Gasteiger partial charge in [0.05, 0.1) is 5.75 Å². The fourth-order valence-corrected chi connectivity index (χ4v) is 2.18. The highest BCUT2D eigenvalue weighted by Crippen LogP contribution is 2.21. The average Bonchev–Trinajstić information content (AvgIpc) is 2.37. The van der Waals surface area contributed by atoms with Gasteiger partial charge in [-0.15, -0.1) is 0 Å². The molecule has 0 aliphatic heterocycles. The Kier molecular flexibility index (Phi) is 7.12. The first-order chi connectivity index (χ1) is 8.69. The van der Waals surface area contributed by atoms with Crippen LogP contribution in [0, 0.1) is 0 Å². The van der Waals surface area contributed by atoms with E-state index in [-0.39, 0.29) is 5.69 Å². The van der Waals surface area contributed by atoms with Crippen molar-refractivity contribution >= 4 is 11.8 Å². The summed E-state index contributed by atoms with van der Waals surface area (Å²) in [6.45, 7) is 5.13. The molecule has 0 unspecified atom stereocenters. The van der Waals surface area contributed by atoms with E-state index in [0.29, 0.717) is 23.7 Å². The monoisotopic (exact) mass is 275 g/mol. The quantitative estimate of drug-likeness (QED) is 0.740. The molecule has 1 heterocycles. The molecule has 0 saturated carbocycles. The first kappa shape index (κ1) is 15.3. The summed E-state index contributed by atoms with van der Waals surface area (Å²) in [6.07, 6.45) is 0.0284. The van der Waals surface area contributed by atoms with Gasteiger partial charge in [-0.05, 0) is 18.7 Å². The molecule has 18 heavy (non-hydrogen) atoms. The molecule has 0 aromatic carbocycles. The summed E-state index contributed by atoms with van der Waals surface area (Å²) in [6, 6.07) is 0. The molecular weight excluding hydrogens is 256 g/mol. The lowest BCUT2D eigenvalue weighted by Gasteiger charge is -2.09. The second-order valence-corrected chi connectivity index (χ2v) is 4.94. The molecule has 0 aliphatic rings. The Labute approximate surface area is 111 Å². The molecule has 0 fully saturated rings. The Morgan fingerprint density at radius 2 is 2.17 bits per heavy atom. The summed E-state index contributed by atoms with van der Waals surface area (Å²) in [5, 5.41) is 3.01. The van der Waals surface area contributed by atoms with Crippen LogP contribution in [0.1, 0.15) is 43.8 Å². The first-order valence-corrected chi connectivity index (χ1v) is 7.25. The Hall–Kier alpha value is -0.750. The standard InChI is InChI=1S/C12H19F2N3S/c1-3-5-18-8-10-16-7-9(6-15-4-2)11(17-10)12(13)14/h7,12,15H,3-6,8H2,1-2H3. The Morgan fingerprint density at radius 3 is 2.78 bits per heavy atom.